The minimum Gasteiger partial charge on any atom is -0.349 e. The summed E-state index contributed by atoms with van der Waals surface area (Å²) < 4.78 is 1.47. The highest BCUT2D eigenvalue weighted by Gasteiger charge is 2.11. The van der Waals surface area contributed by atoms with Gasteiger partial charge in [0.05, 0.1) is 6.33 Å². The number of carbonyl (C=O) groups excluding carboxylic acids is 1. The van der Waals surface area contributed by atoms with Crippen molar-refractivity contribution in [1.29, 1.82) is 0 Å². The lowest BCUT2D eigenvalue weighted by molar-refractivity contribution is -0.116. The van der Waals surface area contributed by atoms with Gasteiger partial charge in [0.1, 0.15) is 11.0 Å². The van der Waals surface area contributed by atoms with E-state index in [1.807, 2.05) is 48.5 Å². The predicted octanol–water partition coefficient (Wildman–Crippen LogP) is 3.47. The minimum atomic E-state index is -0.169. The van der Waals surface area contributed by atoms with Gasteiger partial charge in [-0.3, -0.25) is 14.2 Å². The van der Waals surface area contributed by atoms with Gasteiger partial charge in [-0.25, -0.2) is 4.98 Å². The van der Waals surface area contributed by atoms with E-state index in [0.717, 1.165) is 28.6 Å². The zero-order chi connectivity index (χ0) is 18.8. The van der Waals surface area contributed by atoms with Gasteiger partial charge in [0.15, 0.2) is 0 Å². The van der Waals surface area contributed by atoms with Crippen LogP contribution in [0.4, 0.5) is 5.69 Å². The monoisotopic (exact) mass is 360 g/mol. The molecule has 2 aromatic heterocycles. The summed E-state index contributed by atoms with van der Waals surface area (Å²) in [5, 5.41) is 3.80. The summed E-state index contributed by atoms with van der Waals surface area (Å²) in [6.45, 7) is 2.34. The highest BCUT2D eigenvalue weighted by atomic mass is 16.2. The number of aryl methyl sites for hydroxylation is 2. The van der Waals surface area contributed by atoms with E-state index in [-0.39, 0.29) is 24.4 Å². The molecule has 1 amide bonds. The van der Waals surface area contributed by atoms with Crippen LogP contribution < -0.4 is 10.9 Å². The van der Waals surface area contributed by atoms with Gasteiger partial charge >= 0.3 is 0 Å². The number of amides is 1. The third-order valence-corrected chi connectivity index (χ3v) is 4.68. The van der Waals surface area contributed by atoms with Crippen molar-refractivity contribution in [3.63, 3.8) is 0 Å². The number of fused-ring (bicyclic) bond motifs is 3. The molecule has 0 unspecified atom stereocenters. The van der Waals surface area contributed by atoms with Crippen molar-refractivity contribution in [1.82, 2.24) is 14.5 Å². The fourth-order valence-electron chi connectivity index (χ4n) is 3.21. The van der Waals surface area contributed by atoms with Gasteiger partial charge in [-0.15, -0.1) is 0 Å². The molecule has 136 valence electrons. The molecule has 4 aromatic rings. The molecule has 0 aliphatic rings. The van der Waals surface area contributed by atoms with Crippen LogP contribution in [0.25, 0.3) is 21.9 Å². The van der Waals surface area contributed by atoms with E-state index in [9.17, 15) is 9.59 Å². The summed E-state index contributed by atoms with van der Waals surface area (Å²) in [4.78, 5) is 32.5. The number of benzene rings is 2. The zero-order valence-corrected chi connectivity index (χ0v) is 15.0. The van der Waals surface area contributed by atoms with Crippen LogP contribution in [0.15, 0.2) is 59.7 Å². The quantitative estimate of drug-likeness (QED) is 0.572. The molecule has 6 heteroatoms. The molecule has 27 heavy (non-hydrogen) atoms. The van der Waals surface area contributed by atoms with E-state index in [1.54, 1.807) is 0 Å². The first-order valence-corrected chi connectivity index (χ1v) is 9.00. The second-order valence-corrected chi connectivity index (χ2v) is 6.49. The third kappa shape index (κ3) is 3.33. The number of anilines is 1. The molecule has 0 fully saturated rings. The number of hydrogen-bond donors (Lipinski definition) is 2. The second-order valence-electron chi connectivity index (χ2n) is 6.49. The van der Waals surface area contributed by atoms with Crippen LogP contribution in [0.5, 0.6) is 0 Å². The van der Waals surface area contributed by atoms with Crippen molar-refractivity contribution in [3.8, 4) is 0 Å². The summed E-state index contributed by atoms with van der Waals surface area (Å²) in [6, 6.07) is 15.4. The number of para-hydroxylation sites is 1. The van der Waals surface area contributed by atoms with Gasteiger partial charge in [0, 0.05) is 29.6 Å². The van der Waals surface area contributed by atoms with Crippen molar-refractivity contribution in [3.05, 3.63) is 70.8 Å². The molecule has 0 aliphatic carbocycles. The van der Waals surface area contributed by atoms with E-state index in [0.29, 0.717) is 11.0 Å². The Balaban J connectivity index is 1.51. The Morgan fingerprint density at radius 3 is 2.89 bits per heavy atom. The largest absolute Gasteiger partial charge is 0.349 e. The highest BCUT2D eigenvalue weighted by molar-refractivity contribution is 6.04. The van der Waals surface area contributed by atoms with Gasteiger partial charge < -0.3 is 10.3 Å². The molecule has 2 heterocycles. The van der Waals surface area contributed by atoms with E-state index in [1.165, 1.54) is 10.9 Å². The second kappa shape index (κ2) is 7.07. The molecule has 6 nitrogen and oxygen atoms in total. The lowest BCUT2D eigenvalue weighted by Crippen LogP contribution is -2.23. The number of rotatable bonds is 5. The molecule has 0 saturated carbocycles. The number of hydrogen-bond acceptors (Lipinski definition) is 3. The third-order valence-electron chi connectivity index (χ3n) is 4.68. The maximum Gasteiger partial charge on any atom is 0.277 e. The van der Waals surface area contributed by atoms with Crippen molar-refractivity contribution < 1.29 is 4.79 Å². The maximum absolute atomic E-state index is 12.7. The number of H-pyrrole nitrogens is 1. The standard InChI is InChI=1S/C21H20N4O2/c1-2-14-6-5-7-15(12-14)23-18(26)10-11-25-13-22-19-16-8-3-4-9-17(16)24-20(19)21(25)27/h3-9,12-13,24H,2,10-11H2,1H3,(H,23,26). The Labute approximate surface area is 155 Å². The van der Waals surface area contributed by atoms with Crippen LogP contribution in [-0.2, 0) is 17.8 Å². The topological polar surface area (TPSA) is 79.8 Å². The first kappa shape index (κ1) is 17.0. The van der Waals surface area contributed by atoms with E-state index >= 15 is 0 Å². The number of aromatic amines is 1. The van der Waals surface area contributed by atoms with Gasteiger partial charge in [-0.2, -0.15) is 0 Å². The molecule has 4 rings (SSSR count). The first-order valence-electron chi connectivity index (χ1n) is 9.00. The molecule has 0 radical (unpaired) electrons. The van der Waals surface area contributed by atoms with Crippen LogP contribution in [0, 0.1) is 0 Å². The molecule has 0 saturated heterocycles. The highest BCUT2D eigenvalue weighted by Crippen LogP contribution is 2.20. The summed E-state index contributed by atoms with van der Waals surface area (Å²) in [6.07, 6.45) is 2.62. The van der Waals surface area contributed by atoms with E-state index in [4.69, 9.17) is 0 Å². The van der Waals surface area contributed by atoms with Gasteiger partial charge in [-0.05, 0) is 30.2 Å². The van der Waals surface area contributed by atoms with Crippen molar-refractivity contribution in [2.75, 3.05) is 5.32 Å². The Hall–Kier alpha value is -3.41. The summed E-state index contributed by atoms with van der Waals surface area (Å²) in [5.74, 6) is -0.133. The van der Waals surface area contributed by atoms with Gasteiger partial charge in [0.25, 0.3) is 5.56 Å². The average Bonchev–Trinajstić information content (AvgIpc) is 3.07. The lowest BCUT2D eigenvalue weighted by Gasteiger charge is -2.08. The van der Waals surface area contributed by atoms with Crippen LogP contribution in [-0.4, -0.2) is 20.4 Å². The molecule has 0 spiro atoms. The van der Waals surface area contributed by atoms with Crippen molar-refractivity contribution >= 4 is 33.5 Å². The number of aromatic nitrogens is 3. The molecule has 2 N–H and O–H groups in total. The predicted molar refractivity (Wildman–Crippen MR) is 107 cm³/mol. The first-order chi connectivity index (χ1) is 13.2. The molecule has 0 bridgehead atoms. The summed E-state index contributed by atoms with van der Waals surface area (Å²) in [7, 11) is 0. The van der Waals surface area contributed by atoms with Crippen LogP contribution in [0.1, 0.15) is 18.9 Å². The van der Waals surface area contributed by atoms with Crippen LogP contribution in [0.2, 0.25) is 0 Å². The fraction of sp³-hybridized carbons (Fsp3) is 0.190. The molecular weight excluding hydrogens is 340 g/mol. The number of nitrogens with zero attached hydrogens (tertiary/aromatic N) is 2. The summed E-state index contributed by atoms with van der Waals surface area (Å²) in [5.41, 5.74) is 3.77. The molecular formula is C21H20N4O2. The Morgan fingerprint density at radius 1 is 1.19 bits per heavy atom. The molecule has 0 aliphatic heterocycles. The number of nitrogens with one attached hydrogen (secondary N) is 2. The zero-order valence-electron chi connectivity index (χ0n) is 15.0. The van der Waals surface area contributed by atoms with E-state index in [2.05, 4.69) is 22.2 Å². The molecule has 0 atom stereocenters. The smallest absolute Gasteiger partial charge is 0.277 e. The minimum absolute atomic E-state index is 0.133. The van der Waals surface area contributed by atoms with Crippen LogP contribution in [0.3, 0.4) is 0 Å². The van der Waals surface area contributed by atoms with Crippen molar-refractivity contribution in [2.45, 2.75) is 26.3 Å². The molecule has 2 aromatic carbocycles. The van der Waals surface area contributed by atoms with E-state index < -0.39 is 0 Å². The van der Waals surface area contributed by atoms with Crippen molar-refractivity contribution in [2.24, 2.45) is 0 Å². The van der Waals surface area contributed by atoms with Crippen LogP contribution >= 0.6 is 0 Å². The lowest BCUT2D eigenvalue weighted by atomic mass is 10.1. The normalized spacial score (nSPS) is 11.1. The fourth-order valence-corrected chi connectivity index (χ4v) is 3.21. The summed E-state index contributed by atoms with van der Waals surface area (Å²) >= 11 is 0. The van der Waals surface area contributed by atoms with Gasteiger partial charge in [-0.1, -0.05) is 37.3 Å². The Kier molecular flexibility index (Phi) is 4.46. The number of carbonyl (C=O) groups is 1. The average molecular weight is 360 g/mol. The van der Waals surface area contributed by atoms with Gasteiger partial charge in [0.2, 0.25) is 5.91 Å². The SMILES string of the molecule is CCc1cccc(NC(=O)CCn2cnc3c([nH]c4ccccc43)c2=O)c1. The Morgan fingerprint density at radius 2 is 2.04 bits per heavy atom. The maximum atomic E-state index is 12.7. The Bertz CT molecular complexity index is 1190.